The molecule has 27 heavy (non-hydrogen) atoms. The third kappa shape index (κ3) is 4.74. The molecule has 0 saturated heterocycles. The van der Waals surface area contributed by atoms with E-state index < -0.39 is 12.0 Å². The van der Waals surface area contributed by atoms with Gasteiger partial charge in [-0.3, -0.25) is 0 Å². The Labute approximate surface area is 167 Å². The van der Waals surface area contributed by atoms with Gasteiger partial charge in [0.1, 0.15) is 0 Å². The van der Waals surface area contributed by atoms with Crippen LogP contribution in [-0.4, -0.2) is 31.8 Å². The van der Waals surface area contributed by atoms with E-state index in [9.17, 15) is 9.59 Å². The van der Waals surface area contributed by atoms with E-state index in [0.29, 0.717) is 52.4 Å². The average molecular weight is 441 g/mol. The summed E-state index contributed by atoms with van der Waals surface area (Å²) in [5.41, 5.74) is 1.63. The lowest BCUT2D eigenvalue weighted by atomic mass is 9.94. The van der Waals surface area contributed by atoms with Gasteiger partial charge >= 0.3 is 12.0 Å². The Bertz CT molecular complexity index is 748. The molecule has 0 saturated carbocycles. The highest BCUT2D eigenvalue weighted by Crippen LogP contribution is 2.40. The zero-order valence-corrected chi connectivity index (χ0v) is 17.6. The summed E-state index contributed by atoms with van der Waals surface area (Å²) >= 11 is 3.51. The minimum Gasteiger partial charge on any atom is -0.490 e. The van der Waals surface area contributed by atoms with Gasteiger partial charge in [0.2, 0.25) is 0 Å². The fraction of sp³-hybridized carbons (Fsp3) is 0.474. The zero-order chi connectivity index (χ0) is 20.0. The number of benzene rings is 1. The highest BCUT2D eigenvalue weighted by molar-refractivity contribution is 9.10. The van der Waals surface area contributed by atoms with E-state index in [1.165, 1.54) is 0 Å². The quantitative estimate of drug-likeness (QED) is 0.599. The number of urea groups is 1. The Morgan fingerprint density at radius 2 is 1.81 bits per heavy atom. The first kappa shape index (κ1) is 21.1. The molecule has 0 bridgehead atoms. The second kappa shape index (κ2) is 9.64. The van der Waals surface area contributed by atoms with Gasteiger partial charge in [0.05, 0.1) is 35.9 Å². The largest absolute Gasteiger partial charge is 0.490 e. The van der Waals surface area contributed by atoms with Crippen molar-refractivity contribution < 1.29 is 23.8 Å². The number of rotatable bonds is 8. The molecule has 0 fully saturated rings. The summed E-state index contributed by atoms with van der Waals surface area (Å²) in [5, 5.41) is 5.51. The number of esters is 1. The molecule has 2 N–H and O–H groups in total. The van der Waals surface area contributed by atoms with Crippen molar-refractivity contribution in [3.05, 3.63) is 33.4 Å². The molecular formula is C19H25BrN2O5. The molecule has 1 aliphatic rings. The topological polar surface area (TPSA) is 85.9 Å². The van der Waals surface area contributed by atoms with Gasteiger partial charge in [-0.25, -0.2) is 9.59 Å². The molecule has 2 rings (SSSR count). The van der Waals surface area contributed by atoms with Gasteiger partial charge in [0.15, 0.2) is 11.5 Å². The summed E-state index contributed by atoms with van der Waals surface area (Å²) in [5.74, 6) is 0.660. The Morgan fingerprint density at radius 1 is 1.11 bits per heavy atom. The summed E-state index contributed by atoms with van der Waals surface area (Å²) in [7, 11) is 0. The van der Waals surface area contributed by atoms with E-state index in [-0.39, 0.29) is 12.6 Å². The van der Waals surface area contributed by atoms with E-state index in [1.807, 2.05) is 26.8 Å². The van der Waals surface area contributed by atoms with Crippen LogP contribution in [0.15, 0.2) is 27.9 Å². The fourth-order valence-corrected chi connectivity index (χ4v) is 3.47. The highest BCUT2D eigenvalue weighted by atomic mass is 79.9. The monoisotopic (exact) mass is 440 g/mol. The average Bonchev–Trinajstić information content (AvgIpc) is 2.63. The van der Waals surface area contributed by atoms with Gasteiger partial charge in [0, 0.05) is 5.70 Å². The van der Waals surface area contributed by atoms with Crippen molar-refractivity contribution >= 4 is 27.9 Å². The van der Waals surface area contributed by atoms with Crippen LogP contribution in [-0.2, 0) is 9.53 Å². The van der Waals surface area contributed by atoms with Crippen molar-refractivity contribution in [3.63, 3.8) is 0 Å². The maximum atomic E-state index is 12.6. The SMILES string of the molecule is CCOC(=O)C1=C(CC)NC(=O)NC1c1cc(Br)c(OCC)c(OCC)c1. The van der Waals surface area contributed by atoms with Crippen LogP contribution in [0.1, 0.15) is 45.7 Å². The van der Waals surface area contributed by atoms with Gasteiger partial charge in [-0.05, 0) is 60.8 Å². The number of nitrogens with one attached hydrogen (secondary N) is 2. The molecule has 1 unspecified atom stereocenters. The third-order valence-electron chi connectivity index (χ3n) is 3.96. The van der Waals surface area contributed by atoms with Crippen molar-refractivity contribution in [2.24, 2.45) is 0 Å². The molecule has 2 amide bonds. The number of halogens is 1. The first-order valence-corrected chi connectivity index (χ1v) is 9.82. The minimum atomic E-state index is -0.654. The van der Waals surface area contributed by atoms with E-state index >= 15 is 0 Å². The van der Waals surface area contributed by atoms with Gasteiger partial charge < -0.3 is 24.8 Å². The third-order valence-corrected chi connectivity index (χ3v) is 4.55. The predicted molar refractivity (Wildman–Crippen MR) is 105 cm³/mol. The second-order valence-corrected chi connectivity index (χ2v) is 6.55. The van der Waals surface area contributed by atoms with Crippen LogP contribution < -0.4 is 20.1 Å². The van der Waals surface area contributed by atoms with Crippen LogP contribution in [0.5, 0.6) is 11.5 Å². The van der Waals surface area contributed by atoms with Crippen molar-refractivity contribution in [2.45, 2.75) is 40.2 Å². The Hall–Kier alpha value is -2.22. The molecule has 1 atom stereocenters. The van der Waals surface area contributed by atoms with E-state index in [2.05, 4.69) is 26.6 Å². The maximum absolute atomic E-state index is 12.6. The number of carbonyl (C=O) groups is 2. The van der Waals surface area contributed by atoms with Gasteiger partial charge in [-0.1, -0.05) is 6.92 Å². The molecule has 148 valence electrons. The lowest BCUT2D eigenvalue weighted by molar-refractivity contribution is -0.139. The molecule has 1 aliphatic heterocycles. The van der Waals surface area contributed by atoms with Crippen LogP contribution in [0.4, 0.5) is 4.79 Å². The molecule has 0 spiro atoms. The summed E-state index contributed by atoms with van der Waals surface area (Å²) in [6.45, 7) is 8.56. The van der Waals surface area contributed by atoms with Crippen molar-refractivity contribution in [1.82, 2.24) is 10.6 Å². The smallest absolute Gasteiger partial charge is 0.338 e. The van der Waals surface area contributed by atoms with E-state index in [0.717, 1.165) is 0 Å². The number of amides is 2. The van der Waals surface area contributed by atoms with Crippen LogP contribution in [0.3, 0.4) is 0 Å². The first-order chi connectivity index (χ1) is 13.0. The normalized spacial score (nSPS) is 16.5. The lowest BCUT2D eigenvalue weighted by Gasteiger charge is -2.29. The van der Waals surface area contributed by atoms with Crippen molar-refractivity contribution in [2.75, 3.05) is 19.8 Å². The number of carbonyl (C=O) groups excluding carboxylic acids is 2. The van der Waals surface area contributed by atoms with Gasteiger partial charge in [-0.15, -0.1) is 0 Å². The molecule has 0 radical (unpaired) electrons. The maximum Gasteiger partial charge on any atom is 0.338 e. The standard InChI is InChI=1S/C19H25BrN2O5/c1-5-13-15(18(23)27-8-4)16(22-19(24)21-13)11-9-12(20)17(26-7-3)14(10-11)25-6-2/h9-10,16H,5-8H2,1-4H3,(H2,21,22,24). The number of hydrogen-bond donors (Lipinski definition) is 2. The fourth-order valence-electron chi connectivity index (χ4n) is 2.90. The molecule has 1 aromatic rings. The highest BCUT2D eigenvalue weighted by Gasteiger charge is 2.34. The van der Waals surface area contributed by atoms with Gasteiger partial charge in [0.25, 0.3) is 0 Å². The molecular weight excluding hydrogens is 416 g/mol. The number of ether oxygens (including phenoxy) is 3. The summed E-state index contributed by atoms with van der Waals surface area (Å²) < 4.78 is 17.3. The summed E-state index contributed by atoms with van der Waals surface area (Å²) in [6.07, 6.45) is 0.495. The zero-order valence-electron chi connectivity index (χ0n) is 16.0. The van der Waals surface area contributed by atoms with Crippen LogP contribution in [0, 0.1) is 0 Å². The molecule has 8 heteroatoms. The predicted octanol–water partition coefficient (Wildman–Crippen LogP) is 3.83. The minimum absolute atomic E-state index is 0.247. The number of hydrogen-bond acceptors (Lipinski definition) is 5. The van der Waals surface area contributed by atoms with Crippen LogP contribution in [0.25, 0.3) is 0 Å². The molecule has 7 nitrogen and oxygen atoms in total. The second-order valence-electron chi connectivity index (χ2n) is 5.69. The van der Waals surface area contributed by atoms with Gasteiger partial charge in [-0.2, -0.15) is 0 Å². The molecule has 1 aromatic carbocycles. The Balaban J connectivity index is 2.58. The molecule has 0 aliphatic carbocycles. The van der Waals surface area contributed by atoms with Crippen molar-refractivity contribution in [1.29, 1.82) is 0 Å². The summed E-state index contributed by atoms with van der Waals surface area (Å²) in [6, 6.07) is 2.57. The van der Waals surface area contributed by atoms with E-state index in [1.54, 1.807) is 13.0 Å². The Kier molecular flexibility index (Phi) is 7.53. The first-order valence-electron chi connectivity index (χ1n) is 9.03. The van der Waals surface area contributed by atoms with E-state index in [4.69, 9.17) is 14.2 Å². The summed E-state index contributed by atoms with van der Waals surface area (Å²) in [4.78, 5) is 24.7. The number of allylic oxidation sites excluding steroid dienone is 1. The van der Waals surface area contributed by atoms with Crippen molar-refractivity contribution in [3.8, 4) is 11.5 Å². The lowest BCUT2D eigenvalue weighted by Crippen LogP contribution is -2.45. The van der Waals surface area contributed by atoms with Crippen LogP contribution in [0.2, 0.25) is 0 Å². The molecule has 0 aromatic heterocycles. The molecule has 1 heterocycles. The Morgan fingerprint density at radius 3 is 2.41 bits per heavy atom. The van der Waals surface area contributed by atoms with Crippen LogP contribution >= 0.6 is 15.9 Å².